The normalized spacial score (nSPS) is 17.9. The molecule has 0 aliphatic carbocycles. The zero-order valence-electron chi connectivity index (χ0n) is 16.5. The number of rotatable bonds is 5. The van der Waals surface area contributed by atoms with E-state index >= 15 is 0 Å². The van der Waals surface area contributed by atoms with Gasteiger partial charge in [0, 0.05) is 37.4 Å². The van der Waals surface area contributed by atoms with Crippen LogP contribution in [0.15, 0.2) is 47.4 Å². The molecule has 1 aliphatic rings. The first-order valence-electron chi connectivity index (χ1n) is 9.47. The van der Waals surface area contributed by atoms with E-state index in [0.29, 0.717) is 18.8 Å². The maximum absolute atomic E-state index is 13.1. The molecular weight excluding hydrogens is 374 g/mol. The number of aryl methyl sites for hydroxylation is 2. The molecule has 150 valence electrons. The van der Waals surface area contributed by atoms with Crippen LogP contribution >= 0.6 is 0 Å². The van der Waals surface area contributed by atoms with Gasteiger partial charge in [0.05, 0.1) is 4.90 Å². The van der Waals surface area contributed by atoms with Gasteiger partial charge in [-0.25, -0.2) is 8.42 Å². The summed E-state index contributed by atoms with van der Waals surface area (Å²) in [5.41, 5.74) is 3.94. The van der Waals surface area contributed by atoms with Crippen molar-refractivity contribution in [2.75, 3.05) is 23.7 Å². The molecule has 0 radical (unpaired) electrons. The molecule has 1 aliphatic heterocycles. The summed E-state index contributed by atoms with van der Waals surface area (Å²) in [5.74, 6) is -0.231. The molecule has 0 bridgehead atoms. The minimum Gasteiger partial charge on any atom is -0.381 e. The van der Waals surface area contributed by atoms with Crippen molar-refractivity contribution < 1.29 is 13.2 Å². The summed E-state index contributed by atoms with van der Waals surface area (Å²) in [4.78, 5) is 11.5. The number of hydrogen-bond donors (Lipinski definition) is 2. The van der Waals surface area contributed by atoms with Gasteiger partial charge in [0.1, 0.15) is 0 Å². The SMILES string of the molecule is CC(=O)Nc1cccc(S(=O)(=O)N2CCC[C@H](Nc3ccc(C)c(C)c3)C2)c1. The number of carbonyl (C=O) groups is 1. The van der Waals surface area contributed by atoms with Crippen molar-refractivity contribution in [3.8, 4) is 0 Å². The zero-order valence-corrected chi connectivity index (χ0v) is 17.3. The Balaban J connectivity index is 1.75. The van der Waals surface area contributed by atoms with E-state index in [2.05, 4.69) is 36.6 Å². The minimum atomic E-state index is -3.62. The van der Waals surface area contributed by atoms with Gasteiger partial charge in [-0.2, -0.15) is 4.31 Å². The van der Waals surface area contributed by atoms with Gasteiger partial charge in [-0.05, 0) is 68.1 Å². The Bertz CT molecular complexity index is 973. The predicted octanol–water partition coefficient (Wildman–Crippen LogP) is 3.53. The molecule has 1 atom stereocenters. The lowest BCUT2D eigenvalue weighted by Crippen LogP contribution is -2.45. The number of hydrogen-bond acceptors (Lipinski definition) is 4. The summed E-state index contributed by atoms with van der Waals surface area (Å²) >= 11 is 0. The third kappa shape index (κ3) is 4.72. The molecule has 6 nitrogen and oxygen atoms in total. The van der Waals surface area contributed by atoms with Crippen molar-refractivity contribution in [3.63, 3.8) is 0 Å². The molecule has 2 aromatic carbocycles. The highest BCUT2D eigenvalue weighted by atomic mass is 32.2. The highest BCUT2D eigenvalue weighted by Gasteiger charge is 2.30. The number of carbonyl (C=O) groups excluding carboxylic acids is 1. The fourth-order valence-corrected chi connectivity index (χ4v) is 5.00. The topological polar surface area (TPSA) is 78.5 Å². The predicted molar refractivity (Wildman–Crippen MR) is 112 cm³/mol. The molecule has 1 heterocycles. The Labute approximate surface area is 167 Å². The smallest absolute Gasteiger partial charge is 0.243 e. The first-order valence-corrected chi connectivity index (χ1v) is 10.9. The van der Waals surface area contributed by atoms with Crippen LogP contribution in [-0.4, -0.2) is 37.8 Å². The molecule has 1 fully saturated rings. The lowest BCUT2D eigenvalue weighted by Gasteiger charge is -2.33. The van der Waals surface area contributed by atoms with E-state index in [9.17, 15) is 13.2 Å². The van der Waals surface area contributed by atoms with E-state index in [-0.39, 0.29) is 16.8 Å². The molecule has 1 amide bonds. The number of benzene rings is 2. The second-order valence-electron chi connectivity index (χ2n) is 7.35. The van der Waals surface area contributed by atoms with Crippen LogP contribution in [0.1, 0.15) is 30.9 Å². The lowest BCUT2D eigenvalue weighted by molar-refractivity contribution is -0.114. The summed E-state index contributed by atoms with van der Waals surface area (Å²) in [5, 5.41) is 6.11. The molecule has 2 N–H and O–H groups in total. The first-order chi connectivity index (χ1) is 13.3. The molecule has 7 heteroatoms. The maximum atomic E-state index is 13.1. The Hall–Kier alpha value is -2.38. The molecule has 0 saturated carbocycles. The van der Waals surface area contributed by atoms with Gasteiger partial charge >= 0.3 is 0 Å². The number of piperidine rings is 1. The standard InChI is InChI=1S/C21H27N3O3S/c1-15-9-10-19(12-16(15)2)23-20-7-5-11-24(14-20)28(26,27)21-8-4-6-18(13-21)22-17(3)25/h4,6,8-10,12-13,20,23H,5,7,11,14H2,1-3H3,(H,22,25)/t20-/m0/s1. The molecule has 2 aromatic rings. The molecule has 0 unspecified atom stereocenters. The van der Waals surface area contributed by atoms with Gasteiger partial charge in [0.2, 0.25) is 15.9 Å². The summed E-state index contributed by atoms with van der Waals surface area (Å²) in [7, 11) is -3.62. The number of amides is 1. The zero-order chi connectivity index (χ0) is 20.3. The minimum absolute atomic E-state index is 0.0594. The number of sulfonamides is 1. The lowest BCUT2D eigenvalue weighted by atomic mass is 10.1. The van der Waals surface area contributed by atoms with Crippen molar-refractivity contribution >= 4 is 27.3 Å². The fraction of sp³-hybridized carbons (Fsp3) is 0.381. The average molecular weight is 402 g/mol. The average Bonchev–Trinajstić information content (AvgIpc) is 2.65. The largest absolute Gasteiger partial charge is 0.381 e. The van der Waals surface area contributed by atoms with E-state index in [1.165, 1.54) is 28.4 Å². The Morgan fingerprint density at radius 1 is 1.07 bits per heavy atom. The van der Waals surface area contributed by atoms with Crippen LogP contribution in [0.5, 0.6) is 0 Å². The van der Waals surface area contributed by atoms with Gasteiger partial charge in [-0.15, -0.1) is 0 Å². The highest BCUT2D eigenvalue weighted by Crippen LogP contribution is 2.25. The van der Waals surface area contributed by atoms with Crippen LogP contribution in [0, 0.1) is 13.8 Å². The van der Waals surface area contributed by atoms with Crippen molar-refractivity contribution in [1.29, 1.82) is 0 Å². The molecule has 0 aromatic heterocycles. The van der Waals surface area contributed by atoms with Crippen molar-refractivity contribution in [1.82, 2.24) is 4.31 Å². The van der Waals surface area contributed by atoms with Crippen LogP contribution < -0.4 is 10.6 Å². The second kappa shape index (κ2) is 8.32. The van der Waals surface area contributed by atoms with E-state index in [0.717, 1.165) is 18.5 Å². The van der Waals surface area contributed by atoms with Crippen LogP contribution in [0.25, 0.3) is 0 Å². The monoisotopic (exact) mass is 401 g/mol. The molecule has 1 saturated heterocycles. The summed E-state index contributed by atoms with van der Waals surface area (Å²) in [6.45, 7) is 6.45. The third-order valence-corrected chi connectivity index (χ3v) is 6.92. The van der Waals surface area contributed by atoms with Crippen molar-refractivity contribution in [2.24, 2.45) is 0 Å². The number of nitrogens with zero attached hydrogens (tertiary/aromatic N) is 1. The molecule has 0 spiro atoms. The number of nitrogens with one attached hydrogen (secondary N) is 2. The quantitative estimate of drug-likeness (QED) is 0.803. The summed E-state index contributed by atoms with van der Waals surface area (Å²) < 4.78 is 27.7. The number of anilines is 2. The molecular formula is C21H27N3O3S. The van der Waals surface area contributed by atoms with Gasteiger partial charge in [0.25, 0.3) is 0 Å². The Kier molecular flexibility index (Phi) is 6.05. The van der Waals surface area contributed by atoms with Crippen molar-refractivity contribution in [3.05, 3.63) is 53.6 Å². The molecule has 28 heavy (non-hydrogen) atoms. The van der Waals surface area contributed by atoms with E-state index in [1.807, 2.05) is 6.07 Å². The van der Waals surface area contributed by atoms with Crippen LogP contribution in [0.2, 0.25) is 0 Å². The van der Waals surface area contributed by atoms with Gasteiger partial charge in [-0.1, -0.05) is 12.1 Å². The van der Waals surface area contributed by atoms with E-state index in [1.54, 1.807) is 18.2 Å². The van der Waals surface area contributed by atoms with Crippen LogP contribution in [0.4, 0.5) is 11.4 Å². The summed E-state index contributed by atoms with van der Waals surface area (Å²) in [6.07, 6.45) is 1.72. The Morgan fingerprint density at radius 3 is 2.57 bits per heavy atom. The maximum Gasteiger partial charge on any atom is 0.243 e. The van der Waals surface area contributed by atoms with Gasteiger partial charge in [-0.3, -0.25) is 4.79 Å². The first kappa shape index (κ1) is 20.4. The van der Waals surface area contributed by atoms with Gasteiger partial charge in [0.15, 0.2) is 0 Å². The van der Waals surface area contributed by atoms with Crippen molar-refractivity contribution in [2.45, 2.75) is 44.6 Å². The van der Waals surface area contributed by atoms with Crippen LogP contribution in [0.3, 0.4) is 0 Å². The van der Waals surface area contributed by atoms with E-state index < -0.39 is 10.0 Å². The second-order valence-corrected chi connectivity index (χ2v) is 9.29. The summed E-state index contributed by atoms with van der Waals surface area (Å²) in [6, 6.07) is 12.7. The van der Waals surface area contributed by atoms with Crippen LogP contribution in [-0.2, 0) is 14.8 Å². The van der Waals surface area contributed by atoms with Gasteiger partial charge < -0.3 is 10.6 Å². The Morgan fingerprint density at radius 2 is 1.86 bits per heavy atom. The van der Waals surface area contributed by atoms with E-state index in [4.69, 9.17) is 0 Å². The molecule has 3 rings (SSSR count). The third-order valence-electron chi connectivity index (χ3n) is 5.05. The highest BCUT2D eigenvalue weighted by molar-refractivity contribution is 7.89. The fourth-order valence-electron chi connectivity index (χ4n) is 3.43.